The van der Waals surface area contributed by atoms with Gasteiger partial charge in [0.15, 0.2) is 0 Å². The quantitative estimate of drug-likeness (QED) is 0.778. The summed E-state index contributed by atoms with van der Waals surface area (Å²) in [5.74, 6) is 1.31. The third-order valence-electron chi connectivity index (χ3n) is 4.33. The van der Waals surface area contributed by atoms with Gasteiger partial charge in [0.05, 0.1) is 0 Å². The lowest BCUT2D eigenvalue weighted by Crippen LogP contribution is -2.37. The Labute approximate surface area is 152 Å². The fourth-order valence-corrected chi connectivity index (χ4v) is 3.35. The molecule has 5 nitrogen and oxygen atoms in total. The van der Waals surface area contributed by atoms with Crippen LogP contribution in [0.5, 0.6) is 0 Å². The van der Waals surface area contributed by atoms with Gasteiger partial charge in [-0.1, -0.05) is 19.9 Å². The number of aromatic nitrogens is 1. The van der Waals surface area contributed by atoms with Crippen LogP contribution in [0.15, 0.2) is 18.3 Å². The number of hydrogen-bond donors (Lipinski definition) is 0. The summed E-state index contributed by atoms with van der Waals surface area (Å²) in [4.78, 5) is 21.0. The lowest BCUT2D eigenvalue weighted by atomic mass is 10.1. The molecule has 1 fully saturated rings. The van der Waals surface area contributed by atoms with Crippen LogP contribution in [-0.4, -0.2) is 41.2 Å². The van der Waals surface area contributed by atoms with Gasteiger partial charge in [-0.3, -0.25) is 9.80 Å². The molecule has 1 aromatic rings. The lowest BCUT2D eigenvalue weighted by molar-refractivity contribution is 0.0581. The van der Waals surface area contributed by atoms with Crippen molar-refractivity contribution >= 4 is 11.9 Å². The first kappa shape index (κ1) is 19.7. The maximum absolute atomic E-state index is 12.4. The van der Waals surface area contributed by atoms with Crippen molar-refractivity contribution < 1.29 is 9.53 Å². The molecule has 0 aliphatic carbocycles. The first-order chi connectivity index (χ1) is 11.7. The van der Waals surface area contributed by atoms with E-state index in [0.717, 1.165) is 13.1 Å². The number of amides is 1. The fourth-order valence-electron chi connectivity index (χ4n) is 3.35. The van der Waals surface area contributed by atoms with Crippen molar-refractivity contribution in [3.05, 3.63) is 23.9 Å². The molecule has 1 saturated heterocycles. The van der Waals surface area contributed by atoms with Crippen LogP contribution in [0.2, 0.25) is 0 Å². The van der Waals surface area contributed by atoms with Crippen molar-refractivity contribution in [2.75, 3.05) is 24.5 Å². The SMILES string of the molecule is CCN(C(=O)OC(C)(C)C)c1ccc([C@H]2CCCN2CC(C)C)cn1. The van der Waals surface area contributed by atoms with Gasteiger partial charge in [-0.15, -0.1) is 0 Å². The Morgan fingerprint density at radius 1 is 1.40 bits per heavy atom. The van der Waals surface area contributed by atoms with Crippen LogP contribution < -0.4 is 4.90 Å². The summed E-state index contributed by atoms with van der Waals surface area (Å²) in [6.45, 7) is 14.9. The van der Waals surface area contributed by atoms with Crippen molar-refractivity contribution in [2.24, 2.45) is 5.92 Å². The molecule has 0 saturated carbocycles. The zero-order chi connectivity index (χ0) is 18.6. The van der Waals surface area contributed by atoms with Crippen molar-refractivity contribution in [1.29, 1.82) is 0 Å². The van der Waals surface area contributed by atoms with E-state index < -0.39 is 5.60 Å². The minimum atomic E-state index is -0.508. The molecule has 0 unspecified atom stereocenters. The van der Waals surface area contributed by atoms with Crippen LogP contribution in [-0.2, 0) is 4.74 Å². The largest absolute Gasteiger partial charge is 0.443 e. The maximum Gasteiger partial charge on any atom is 0.415 e. The van der Waals surface area contributed by atoms with Gasteiger partial charge in [-0.05, 0) is 64.6 Å². The molecule has 1 aliphatic rings. The Hall–Kier alpha value is -1.62. The zero-order valence-electron chi connectivity index (χ0n) is 16.6. The van der Waals surface area contributed by atoms with E-state index in [9.17, 15) is 4.79 Å². The number of carbonyl (C=O) groups excluding carboxylic acids is 1. The Balaban J connectivity index is 2.11. The molecular formula is C20H33N3O2. The van der Waals surface area contributed by atoms with Gasteiger partial charge < -0.3 is 4.74 Å². The Morgan fingerprint density at radius 3 is 2.64 bits per heavy atom. The molecule has 1 atom stereocenters. The molecule has 25 heavy (non-hydrogen) atoms. The Bertz CT molecular complexity index is 563. The normalized spacial score (nSPS) is 18.6. The predicted octanol–water partition coefficient (Wildman–Crippen LogP) is 4.64. The minimum absolute atomic E-state index is 0.349. The molecule has 0 aromatic carbocycles. The first-order valence-electron chi connectivity index (χ1n) is 9.41. The van der Waals surface area contributed by atoms with Crippen LogP contribution in [0.4, 0.5) is 10.6 Å². The van der Waals surface area contributed by atoms with Gasteiger partial charge in [0.25, 0.3) is 0 Å². The molecule has 0 spiro atoms. The van der Waals surface area contributed by atoms with Crippen molar-refractivity contribution in [1.82, 2.24) is 9.88 Å². The molecule has 140 valence electrons. The standard InChI is InChI=1S/C20H33N3O2/c1-7-23(19(24)25-20(4,5)6)18-11-10-16(13-21-18)17-9-8-12-22(17)14-15(2)3/h10-11,13,15,17H,7-9,12,14H2,1-6H3/t17-/m1/s1. The molecule has 1 aliphatic heterocycles. The summed E-state index contributed by atoms with van der Waals surface area (Å²) in [7, 11) is 0. The van der Waals surface area contributed by atoms with Gasteiger partial charge in [0.2, 0.25) is 0 Å². The highest BCUT2D eigenvalue weighted by Crippen LogP contribution is 2.32. The lowest BCUT2D eigenvalue weighted by Gasteiger charge is -2.28. The summed E-state index contributed by atoms with van der Waals surface area (Å²) in [6, 6.07) is 4.49. The monoisotopic (exact) mass is 347 g/mol. The second-order valence-corrected chi connectivity index (χ2v) is 8.22. The maximum atomic E-state index is 12.4. The average molecular weight is 348 g/mol. The number of ether oxygens (including phenoxy) is 1. The number of carbonyl (C=O) groups is 1. The van der Waals surface area contributed by atoms with Crippen molar-refractivity contribution in [2.45, 2.75) is 66.0 Å². The third-order valence-corrected chi connectivity index (χ3v) is 4.33. The van der Waals surface area contributed by atoms with E-state index >= 15 is 0 Å². The van der Waals surface area contributed by atoms with E-state index in [0.29, 0.717) is 24.3 Å². The highest BCUT2D eigenvalue weighted by Gasteiger charge is 2.27. The van der Waals surface area contributed by atoms with E-state index in [1.54, 1.807) is 4.90 Å². The van der Waals surface area contributed by atoms with E-state index in [1.165, 1.54) is 18.4 Å². The molecule has 1 amide bonds. The predicted molar refractivity (Wildman–Crippen MR) is 102 cm³/mol. The van der Waals surface area contributed by atoms with Crippen LogP contribution in [0.1, 0.15) is 66.0 Å². The summed E-state index contributed by atoms with van der Waals surface area (Å²) in [6.07, 6.45) is 3.98. The second-order valence-electron chi connectivity index (χ2n) is 8.22. The van der Waals surface area contributed by atoms with Crippen molar-refractivity contribution in [3.63, 3.8) is 0 Å². The number of nitrogens with zero attached hydrogens (tertiary/aromatic N) is 3. The van der Waals surface area contributed by atoms with E-state index in [4.69, 9.17) is 4.74 Å². The minimum Gasteiger partial charge on any atom is -0.443 e. The van der Waals surface area contributed by atoms with Gasteiger partial charge in [-0.25, -0.2) is 9.78 Å². The molecule has 0 N–H and O–H groups in total. The summed E-state index contributed by atoms with van der Waals surface area (Å²) in [5.41, 5.74) is 0.730. The van der Waals surface area contributed by atoms with Crippen LogP contribution >= 0.6 is 0 Å². The zero-order valence-corrected chi connectivity index (χ0v) is 16.6. The highest BCUT2D eigenvalue weighted by atomic mass is 16.6. The Kier molecular flexibility index (Phi) is 6.44. The van der Waals surface area contributed by atoms with Crippen LogP contribution in [0.25, 0.3) is 0 Å². The molecule has 0 bridgehead atoms. The molecular weight excluding hydrogens is 314 g/mol. The van der Waals surface area contributed by atoms with E-state index in [-0.39, 0.29) is 6.09 Å². The number of likely N-dealkylation sites (tertiary alicyclic amines) is 1. The number of rotatable bonds is 5. The Morgan fingerprint density at radius 2 is 2.12 bits per heavy atom. The second kappa shape index (κ2) is 8.17. The molecule has 1 aromatic heterocycles. The average Bonchev–Trinajstić information content (AvgIpc) is 2.94. The van der Waals surface area contributed by atoms with Crippen LogP contribution in [0, 0.1) is 5.92 Å². The summed E-state index contributed by atoms with van der Waals surface area (Å²) in [5, 5.41) is 0. The first-order valence-corrected chi connectivity index (χ1v) is 9.41. The molecule has 0 radical (unpaired) electrons. The molecule has 5 heteroatoms. The van der Waals surface area contributed by atoms with Gasteiger partial charge in [0, 0.05) is 25.3 Å². The summed E-state index contributed by atoms with van der Waals surface area (Å²) >= 11 is 0. The van der Waals surface area contributed by atoms with E-state index in [2.05, 4.69) is 29.8 Å². The third kappa shape index (κ3) is 5.43. The van der Waals surface area contributed by atoms with E-state index in [1.807, 2.05) is 40.0 Å². The van der Waals surface area contributed by atoms with Crippen LogP contribution in [0.3, 0.4) is 0 Å². The van der Waals surface area contributed by atoms with Gasteiger partial charge in [-0.2, -0.15) is 0 Å². The number of anilines is 1. The molecule has 2 rings (SSSR count). The van der Waals surface area contributed by atoms with Gasteiger partial charge >= 0.3 is 6.09 Å². The summed E-state index contributed by atoms with van der Waals surface area (Å²) < 4.78 is 5.47. The smallest absolute Gasteiger partial charge is 0.415 e. The fraction of sp³-hybridized carbons (Fsp3) is 0.700. The molecule has 2 heterocycles. The van der Waals surface area contributed by atoms with Crippen molar-refractivity contribution in [3.8, 4) is 0 Å². The topological polar surface area (TPSA) is 45.7 Å². The number of hydrogen-bond acceptors (Lipinski definition) is 4. The van der Waals surface area contributed by atoms with Gasteiger partial charge in [0.1, 0.15) is 11.4 Å². The highest BCUT2D eigenvalue weighted by molar-refractivity contribution is 5.86. The number of pyridine rings is 1.